The summed E-state index contributed by atoms with van der Waals surface area (Å²) in [7, 11) is 0. The van der Waals surface area contributed by atoms with E-state index in [4.69, 9.17) is 21.4 Å². The van der Waals surface area contributed by atoms with E-state index in [0.29, 0.717) is 24.7 Å². The summed E-state index contributed by atoms with van der Waals surface area (Å²) >= 11 is 5.80. The van der Waals surface area contributed by atoms with Crippen LogP contribution in [0, 0.1) is 0 Å². The molecule has 1 heterocycles. The summed E-state index contributed by atoms with van der Waals surface area (Å²) in [4.78, 5) is 24.5. The molecule has 0 aliphatic carbocycles. The molecule has 1 saturated heterocycles. The minimum Gasteiger partial charge on any atom is -0.481 e. The Bertz CT molecular complexity index is 488. The number of carboxylic acids is 1. The summed E-state index contributed by atoms with van der Waals surface area (Å²) < 4.78 is 5.34. The highest BCUT2D eigenvalue weighted by molar-refractivity contribution is 6.30. The quantitative estimate of drug-likeness (QED) is 0.916. The van der Waals surface area contributed by atoms with Crippen molar-refractivity contribution >= 4 is 23.5 Å². The van der Waals surface area contributed by atoms with Gasteiger partial charge in [0.05, 0.1) is 25.6 Å². The maximum absolute atomic E-state index is 12.2. The lowest BCUT2D eigenvalue weighted by Gasteiger charge is -2.32. The van der Waals surface area contributed by atoms with Crippen LogP contribution in [0.15, 0.2) is 24.3 Å². The van der Waals surface area contributed by atoms with Crippen LogP contribution in [0.25, 0.3) is 0 Å². The number of rotatable bonds is 4. The molecule has 2 rings (SSSR count). The van der Waals surface area contributed by atoms with Gasteiger partial charge in [0.15, 0.2) is 0 Å². The van der Waals surface area contributed by atoms with Crippen molar-refractivity contribution in [2.45, 2.75) is 18.9 Å². The van der Waals surface area contributed by atoms with Gasteiger partial charge in [0.25, 0.3) is 0 Å². The average molecular weight is 298 g/mol. The first-order valence-corrected chi connectivity index (χ1v) is 6.78. The number of ether oxygens (including phenoxy) is 1. The van der Waals surface area contributed by atoms with Crippen molar-refractivity contribution in [3.05, 3.63) is 34.9 Å². The monoisotopic (exact) mass is 297 g/mol. The molecule has 1 aliphatic rings. The number of hydrogen-bond acceptors (Lipinski definition) is 3. The largest absolute Gasteiger partial charge is 0.481 e. The average Bonchev–Trinajstić information content (AvgIpc) is 2.41. The molecule has 1 atom stereocenters. The topological polar surface area (TPSA) is 66.8 Å². The number of nitrogens with zero attached hydrogens (tertiary/aromatic N) is 1. The number of carboxylic acid groups (broad SMARTS) is 1. The van der Waals surface area contributed by atoms with E-state index in [1.807, 2.05) is 12.1 Å². The molecule has 20 heavy (non-hydrogen) atoms. The van der Waals surface area contributed by atoms with Crippen LogP contribution in [0.5, 0.6) is 0 Å². The van der Waals surface area contributed by atoms with Gasteiger partial charge >= 0.3 is 5.97 Å². The lowest BCUT2D eigenvalue weighted by molar-refractivity contribution is -0.147. The first-order chi connectivity index (χ1) is 9.54. The van der Waals surface area contributed by atoms with Gasteiger partial charge in [-0.1, -0.05) is 23.7 Å². The van der Waals surface area contributed by atoms with Gasteiger partial charge < -0.3 is 14.7 Å². The van der Waals surface area contributed by atoms with Crippen molar-refractivity contribution in [1.29, 1.82) is 0 Å². The maximum Gasteiger partial charge on any atom is 0.306 e. The van der Waals surface area contributed by atoms with Crippen molar-refractivity contribution in [3.63, 3.8) is 0 Å². The molecule has 108 valence electrons. The molecule has 0 radical (unpaired) electrons. The van der Waals surface area contributed by atoms with Gasteiger partial charge in [-0.25, -0.2) is 0 Å². The fraction of sp³-hybridized carbons (Fsp3) is 0.429. The summed E-state index contributed by atoms with van der Waals surface area (Å²) in [6, 6.07) is 7.12. The first kappa shape index (κ1) is 14.8. The van der Waals surface area contributed by atoms with E-state index in [0.717, 1.165) is 5.56 Å². The molecule has 0 saturated carbocycles. The number of morpholine rings is 1. The Hall–Kier alpha value is -1.59. The second-order valence-corrected chi connectivity index (χ2v) is 5.17. The fourth-order valence-electron chi connectivity index (χ4n) is 2.15. The molecule has 1 amide bonds. The number of aliphatic carboxylic acids is 1. The Kier molecular flexibility index (Phi) is 4.98. The van der Waals surface area contributed by atoms with E-state index in [2.05, 4.69) is 0 Å². The van der Waals surface area contributed by atoms with Gasteiger partial charge in [-0.3, -0.25) is 9.59 Å². The van der Waals surface area contributed by atoms with Crippen molar-refractivity contribution in [2.24, 2.45) is 0 Å². The van der Waals surface area contributed by atoms with Gasteiger partial charge in [-0.15, -0.1) is 0 Å². The minimum atomic E-state index is -0.915. The number of hydrogen-bond donors (Lipinski definition) is 1. The Morgan fingerprint density at radius 1 is 1.35 bits per heavy atom. The van der Waals surface area contributed by atoms with Crippen molar-refractivity contribution < 1.29 is 19.4 Å². The number of carbonyl (C=O) groups excluding carboxylic acids is 1. The molecule has 1 unspecified atom stereocenters. The Labute approximate surface area is 122 Å². The third-order valence-corrected chi connectivity index (χ3v) is 3.41. The highest BCUT2D eigenvalue weighted by Crippen LogP contribution is 2.13. The summed E-state index contributed by atoms with van der Waals surface area (Å²) in [5.41, 5.74) is 0.890. The van der Waals surface area contributed by atoms with Gasteiger partial charge in [-0.2, -0.15) is 0 Å². The van der Waals surface area contributed by atoms with E-state index in [-0.39, 0.29) is 18.7 Å². The zero-order valence-electron chi connectivity index (χ0n) is 10.9. The zero-order chi connectivity index (χ0) is 14.5. The van der Waals surface area contributed by atoms with Crippen LogP contribution < -0.4 is 0 Å². The molecule has 1 aliphatic heterocycles. The van der Waals surface area contributed by atoms with E-state index in [9.17, 15) is 9.59 Å². The Morgan fingerprint density at radius 3 is 2.70 bits per heavy atom. The van der Waals surface area contributed by atoms with Crippen LogP contribution in [0.1, 0.15) is 12.0 Å². The van der Waals surface area contributed by atoms with Gasteiger partial charge in [0.1, 0.15) is 0 Å². The predicted octanol–water partition coefficient (Wildman–Crippen LogP) is 1.58. The van der Waals surface area contributed by atoms with Crippen LogP contribution >= 0.6 is 11.6 Å². The van der Waals surface area contributed by atoms with Crippen molar-refractivity contribution in [2.75, 3.05) is 19.7 Å². The van der Waals surface area contributed by atoms with Gasteiger partial charge in [0.2, 0.25) is 5.91 Å². The molecule has 5 nitrogen and oxygen atoms in total. The summed E-state index contributed by atoms with van der Waals surface area (Å²) in [6.45, 7) is 1.21. The first-order valence-electron chi connectivity index (χ1n) is 6.40. The normalized spacial score (nSPS) is 18.9. The Morgan fingerprint density at radius 2 is 2.05 bits per heavy atom. The highest BCUT2D eigenvalue weighted by Gasteiger charge is 2.25. The summed E-state index contributed by atoms with van der Waals surface area (Å²) in [6.07, 6.45) is -0.211. The molecule has 1 fully saturated rings. The molecule has 0 aromatic heterocycles. The van der Waals surface area contributed by atoms with Crippen LogP contribution in [-0.4, -0.2) is 47.7 Å². The lowest BCUT2D eigenvalue weighted by atomic mass is 10.1. The van der Waals surface area contributed by atoms with Crippen molar-refractivity contribution in [1.82, 2.24) is 4.90 Å². The van der Waals surface area contributed by atoms with Crippen LogP contribution in [-0.2, 0) is 20.7 Å². The Balaban J connectivity index is 1.91. The SMILES string of the molecule is O=C(O)CC1CN(C(=O)Cc2ccc(Cl)cc2)CCO1. The number of halogens is 1. The van der Waals surface area contributed by atoms with Gasteiger partial charge in [0, 0.05) is 18.1 Å². The van der Waals surface area contributed by atoms with E-state index in [1.54, 1.807) is 17.0 Å². The molecule has 0 bridgehead atoms. The number of benzene rings is 1. The molecule has 0 spiro atoms. The second-order valence-electron chi connectivity index (χ2n) is 4.73. The zero-order valence-corrected chi connectivity index (χ0v) is 11.7. The minimum absolute atomic E-state index is 0.0222. The van der Waals surface area contributed by atoms with Crippen LogP contribution in [0.4, 0.5) is 0 Å². The summed E-state index contributed by atoms with van der Waals surface area (Å²) in [5.74, 6) is -0.937. The van der Waals surface area contributed by atoms with Crippen LogP contribution in [0.2, 0.25) is 5.02 Å². The molecule has 1 aromatic rings. The third kappa shape index (κ3) is 4.21. The third-order valence-electron chi connectivity index (χ3n) is 3.16. The van der Waals surface area contributed by atoms with E-state index in [1.165, 1.54) is 0 Å². The van der Waals surface area contributed by atoms with E-state index >= 15 is 0 Å². The van der Waals surface area contributed by atoms with Crippen molar-refractivity contribution in [3.8, 4) is 0 Å². The molecular weight excluding hydrogens is 282 g/mol. The van der Waals surface area contributed by atoms with E-state index < -0.39 is 12.1 Å². The smallest absolute Gasteiger partial charge is 0.306 e. The lowest BCUT2D eigenvalue weighted by Crippen LogP contribution is -2.46. The molecule has 1 N–H and O–H groups in total. The molecular formula is C14H16ClNO4. The van der Waals surface area contributed by atoms with Crippen LogP contribution in [0.3, 0.4) is 0 Å². The number of amides is 1. The predicted molar refractivity (Wildman–Crippen MR) is 73.7 cm³/mol. The number of carbonyl (C=O) groups is 2. The highest BCUT2D eigenvalue weighted by atomic mass is 35.5. The summed E-state index contributed by atoms with van der Waals surface area (Å²) in [5, 5.41) is 9.39. The standard InChI is InChI=1S/C14H16ClNO4/c15-11-3-1-10(2-4-11)7-13(17)16-5-6-20-12(9-16)8-14(18)19/h1-4,12H,5-9H2,(H,18,19). The second kappa shape index (κ2) is 6.72. The maximum atomic E-state index is 12.2. The fourth-order valence-corrected chi connectivity index (χ4v) is 2.28. The molecule has 1 aromatic carbocycles. The molecule has 6 heteroatoms. The van der Waals surface area contributed by atoms with Gasteiger partial charge in [-0.05, 0) is 17.7 Å².